The van der Waals surface area contributed by atoms with Crippen LogP contribution in [0.2, 0.25) is 0 Å². The van der Waals surface area contributed by atoms with E-state index in [2.05, 4.69) is 24.3 Å². The van der Waals surface area contributed by atoms with Crippen molar-refractivity contribution < 1.29 is 0 Å². The molecule has 0 spiro atoms. The van der Waals surface area contributed by atoms with Crippen molar-refractivity contribution in [2.24, 2.45) is 0 Å². The Morgan fingerprint density at radius 2 is 0.458 bits per heavy atom. The molecule has 0 aromatic carbocycles. The Morgan fingerprint density at radius 1 is 0.250 bits per heavy atom. The summed E-state index contributed by atoms with van der Waals surface area (Å²) >= 11 is 0. The van der Waals surface area contributed by atoms with E-state index in [-0.39, 0.29) is 0 Å². The molecule has 24 heavy (non-hydrogen) atoms. The lowest BCUT2D eigenvalue weighted by atomic mass is 10.0. The number of hydrogen-bond donors (Lipinski definition) is 0. The molecule has 1 aliphatic carbocycles. The molecule has 0 nitrogen and oxygen atoms in total. The van der Waals surface area contributed by atoms with E-state index in [9.17, 15) is 0 Å². The maximum atomic E-state index is 2.36. The molecule has 0 radical (unpaired) electrons. The van der Waals surface area contributed by atoms with Gasteiger partial charge in [0.2, 0.25) is 0 Å². The summed E-state index contributed by atoms with van der Waals surface area (Å²) in [5.41, 5.74) is 0. The fourth-order valence-corrected chi connectivity index (χ4v) is 3.70. The predicted octanol–water partition coefficient (Wildman–Crippen LogP) is 8.91. The summed E-state index contributed by atoms with van der Waals surface area (Å²) in [4.78, 5) is 0. The molecule has 0 heteroatoms. The van der Waals surface area contributed by atoms with Crippen molar-refractivity contribution in [3.05, 3.63) is 24.3 Å². The van der Waals surface area contributed by atoms with Gasteiger partial charge in [0, 0.05) is 0 Å². The minimum absolute atomic E-state index is 1.27. The van der Waals surface area contributed by atoms with Crippen LogP contribution in [-0.2, 0) is 0 Å². The molecule has 0 bridgehead atoms. The third-order valence-corrected chi connectivity index (χ3v) is 5.37. The van der Waals surface area contributed by atoms with E-state index in [1.807, 2.05) is 0 Å². The van der Waals surface area contributed by atoms with Gasteiger partial charge in [0.1, 0.15) is 0 Å². The summed E-state index contributed by atoms with van der Waals surface area (Å²) < 4.78 is 0. The second-order valence-electron chi connectivity index (χ2n) is 7.80. The normalized spacial score (nSPS) is 24.0. The first-order valence-corrected chi connectivity index (χ1v) is 11.3. The Morgan fingerprint density at radius 3 is 0.708 bits per heavy atom. The molecule has 0 aromatic heterocycles. The molecular weight excluding hydrogens is 288 g/mol. The zero-order chi connectivity index (χ0) is 17.0. The highest BCUT2D eigenvalue weighted by atomic mass is 14.0. The fraction of sp³-hybridized carbons (Fsp3) is 0.833. The van der Waals surface area contributed by atoms with E-state index in [4.69, 9.17) is 0 Å². The van der Waals surface area contributed by atoms with Crippen molar-refractivity contribution in [1.82, 2.24) is 0 Å². The highest BCUT2D eigenvalue weighted by Gasteiger charge is 1.95. The van der Waals surface area contributed by atoms with Crippen LogP contribution in [0.15, 0.2) is 24.3 Å². The minimum Gasteiger partial charge on any atom is -0.0845 e. The summed E-state index contributed by atoms with van der Waals surface area (Å²) in [5.74, 6) is 0. The van der Waals surface area contributed by atoms with Gasteiger partial charge in [0.05, 0.1) is 0 Å². The van der Waals surface area contributed by atoms with Gasteiger partial charge in [-0.3, -0.25) is 0 Å². The van der Waals surface area contributed by atoms with Crippen LogP contribution in [-0.4, -0.2) is 0 Å². The number of rotatable bonds is 0. The Hall–Kier alpha value is -0.520. The molecular formula is C24H44. The molecule has 0 N–H and O–H groups in total. The first-order chi connectivity index (χ1) is 12.0. The van der Waals surface area contributed by atoms with Gasteiger partial charge in [-0.05, 0) is 25.7 Å². The highest BCUT2D eigenvalue weighted by Crippen LogP contribution is 2.15. The maximum absolute atomic E-state index is 2.36. The number of hydrogen-bond acceptors (Lipinski definition) is 0. The number of allylic oxidation sites excluding steroid dienone is 4. The maximum Gasteiger partial charge on any atom is -0.0348 e. The molecule has 0 unspecified atom stereocenters. The van der Waals surface area contributed by atoms with Crippen molar-refractivity contribution in [2.45, 2.75) is 128 Å². The van der Waals surface area contributed by atoms with Crippen molar-refractivity contribution in [2.75, 3.05) is 0 Å². The van der Waals surface area contributed by atoms with Crippen LogP contribution in [0, 0.1) is 0 Å². The highest BCUT2D eigenvalue weighted by molar-refractivity contribution is 5.02. The lowest BCUT2D eigenvalue weighted by molar-refractivity contribution is 0.524. The topological polar surface area (TPSA) is 0 Å². The largest absolute Gasteiger partial charge is 0.0845 e. The Balaban J connectivity index is 2.09. The summed E-state index contributed by atoms with van der Waals surface area (Å²) in [6.07, 6.45) is 38.0. The monoisotopic (exact) mass is 332 g/mol. The van der Waals surface area contributed by atoms with E-state index < -0.39 is 0 Å². The van der Waals surface area contributed by atoms with Crippen molar-refractivity contribution in [3.63, 3.8) is 0 Å². The van der Waals surface area contributed by atoms with Gasteiger partial charge in [0.15, 0.2) is 0 Å². The van der Waals surface area contributed by atoms with E-state index in [1.165, 1.54) is 128 Å². The van der Waals surface area contributed by atoms with Crippen LogP contribution in [0.5, 0.6) is 0 Å². The van der Waals surface area contributed by atoms with Crippen LogP contribution in [0.4, 0.5) is 0 Å². The van der Waals surface area contributed by atoms with Crippen molar-refractivity contribution in [3.8, 4) is 0 Å². The van der Waals surface area contributed by atoms with Gasteiger partial charge in [-0.2, -0.15) is 0 Å². The standard InChI is InChI=1S/C24H44/c1-2-4-6-8-10-12-14-16-18-20-22-24-23-21-19-17-15-13-11-9-7-5-3-1/h1-4H,5-24H2/b3-1+,4-2?. The Labute approximate surface area is 153 Å². The van der Waals surface area contributed by atoms with E-state index in [0.29, 0.717) is 0 Å². The second-order valence-corrected chi connectivity index (χ2v) is 7.80. The SMILES string of the molecule is C1=CCCCCCCCCCCCCCCCCCCCC/C=C/1. The first kappa shape index (κ1) is 21.5. The molecule has 0 saturated heterocycles. The Bertz CT molecular complexity index is 256. The molecule has 0 aliphatic heterocycles. The Kier molecular flexibility index (Phi) is 16.9. The summed E-state index contributed by atoms with van der Waals surface area (Å²) in [6.45, 7) is 0. The van der Waals surface area contributed by atoms with Crippen LogP contribution < -0.4 is 0 Å². The van der Waals surface area contributed by atoms with Gasteiger partial charge in [-0.15, -0.1) is 0 Å². The van der Waals surface area contributed by atoms with Gasteiger partial charge < -0.3 is 0 Å². The van der Waals surface area contributed by atoms with E-state index >= 15 is 0 Å². The molecule has 0 fully saturated rings. The third kappa shape index (κ3) is 16.3. The van der Waals surface area contributed by atoms with E-state index in [0.717, 1.165) is 0 Å². The average Bonchev–Trinajstić information content (AvgIpc) is 2.59. The molecule has 0 atom stereocenters. The molecule has 0 saturated carbocycles. The quantitative estimate of drug-likeness (QED) is 0.415. The lowest BCUT2D eigenvalue weighted by Crippen LogP contribution is -1.84. The molecule has 0 aromatic rings. The van der Waals surface area contributed by atoms with Gasteiger partial charge in [-0.25, -0.2) is 0 Å². The lowest BCUT2D eigenvalue weighted by Gasteiger charge is -2.04. The van der Waals surface area contributed by atoms with Crippen molar-refractivity contribution in [1.29, 1.82) is 0 Å². The van der Waals surface area contributed by atoms with Crippen LogP contribution in [0.3, 0.4) is 0 Å². The van der Waals surface area contributed by atoms with Gasteiger partial charge >= 0.3 is 0 Å². The van der Waals surface area contributed by atoms with Crippen molar-refractivity contribution >= 4 is 0 Å². The van der Waals surface area contributed by atoms with Crippen LogP contribution in [0.1, 0.15) is 128 Å². The van der Waals surface area contributed by atoms with Crippen LogP contribution in [0.25, 0.3) is 0 Å². The van der Waals surface area contributed by atoms with Crippen LogP contribution >= 0.6 is 0 Å². The zero-order valence-corrected chi connectivity index (χ0v) is 16.5. The summed E-state index contributed by atoms with van der Waals surface area (Å²) in [7, 11) is 0. The first-order valence-electron chi connectivity index (χ1n) is 11.3. The molecule has 0 heterocycles. The molecule has 1 aliphatic rings. The third-order valence-electron chi connectivity index (χ3n) is 5.37. The predicted molar refractivity (Wildman–Crippen MR) is 111 cm³/mol. The second kappa shape index (κ2) is 18.8. The van der Waals surface area contributed by atoms with Gasteiger partial charge in [-0.1, -0.05) is 127 Å². The molecule has 140 valence electrons. The average molecular weight is 333 g/mol. The molecule has 1 rings (SSSR count). The summed E-state index contributed by atoms with van der Waals surface area (Å²) in [6, 6.07) is 0. The summed E-state index contributed by atoms with van der Waals surface area (Å²) in [5, 5.41) is 0. The minimum atomic E-state index is 1.27. The fourth-order valence-electron chi connectivity index (χ4n) is 3.70. The smallest absolute Gasteiger partial charge is 0.0348 e. The molecule has 0 amide bonds. The van der Waals surface area contributed by atoms with E-state index in [1.54, 1.807) is 0 Å². The zero-order valence-electron chi connectivity index (χ0n) is 16.5. The van der Waals surface area contributed by atoms with Gasteiger partial charge in [0.25, 0.3) is 0 Å².